The lowest BCUT2D eigenvalue weighted by molar-refractivity contribution is -0.124. The summed E-state index contributed by atoms with van der Waals surface area (Å²) in [5.41, 5.74) is 2.03. The van der Waals surface area contributed by atoms with E-state index in [1.54, 1.807) is 4.57 Å². The number of nitrogens with zero attached hydrogens (tertiary/aromatic N) is 3. The zero-order valence-corrected chi connectivity index (χ0v) is 33.6. The van der Waals surface area contributed by atoms with Crippen molar-refractivity contribution in [3.63, 3.8) is 0 Å². The number of carbonyl (C=O) groups excluding carboxylic acids is 2. The van der Waals surface area contributed by atoms with Crippen LogP contribution in [0.15, 0.2) is 41.5 Å². The van der Waals surface area contributed by atoms with Crippen LogP contribution in [0.4, 0.5) is 0 Å². The predicted molar refractivity (Wildman–Crippen MR) is 212 cm³/mol. The van der Waals surface area contributed by atoms with Crippen LogP contribution < -0.4 is 10.9 Å². The van der Waals surface area contributed by atoms with Crippen molar-refractivity contribution >= 4 is 30.5 Å². The standard InChI is InChI=1S/C42H64N4O5Si/c1-6-8-24-50-25-23-45-22-19-32-28-33(17-18-35(32)41(45)49)38-30-43-39(46(38)31-51-26-27-52(3,4)5)37(16-12-9-11-15-34(47)7-2)44-40(48)36-29-42(36)20-13-10-14-21-42/h17-19,22,28,30,36-37H,6-16,20-21,23-27,29,31H2,1-5H3,(H,44,48)/t36-,37+/m1/s1. The molecule has 2 heterocycles. The van der Waals surface area contributed by atoms with Crippen LogP contribution in [-0.2, 0) is 32.3 Å². The van der Waals surface area contributed by atoms with Crippen LogP contribution in [-0.4, -0.2) is 53.7 Å². The molecule has 286 valence electrons. The largest absolute Gasteiger partial charge is 0.380 e. The van der Waals surface area contributed by atoms with Gasteiger partial charge in [0, 0.05) is 63.7 Å². The molecule has 3 aromatic rings. The summed E-state index contributed by atoms with van der Waals surface area (Å²) in [5, 5.41) is 5.02. The molecule has 0 saturated heterocycles. The minimum absolute atomic E-state index is 0.0220. The number of hydrogen-bond donors (Lipinski definition) is 1. The van der Waals surface area contributed by atoms with Gasteiger partial charge in [0.2, 0.25) is 5.91 Å². The Hall–Kier alpha value is -3.08. The molecular formula is C42H64N4O5Si. The highest BCUT2D eigenvalue weighted by Crippen LogP contribution is 2.61. The molecule has 2 aromatic heterocycles. The number of ketones is 1. The maximum Gasteiger partial charge on any atom is 0.258 e. The van der Waals surface area contributed by atoms with Gasteiger partial charge in [-0.1, -0.05) is 78.1 Å². The monoisotopic (exact) mass is 732 g/mol. The molecule has 5 rings (SSSR count). The molecule has 0 bridgehead atoms. The molecule has 0 radical (unpaired) electrons. The molecular weight excluding hydrogens is 669 g/mol. The molecule has 10 heteroatoms. The third-order valence-electron chi connectivity index (χ3n) is 11.3. The fourth-order valence-electron chi connectivity index (χ4n) is 7.79. The Balaban J connectivity index is 1.41. The van der Waals surface area contributed by atoms with Gasteiger partial charge >= 0.3 is 0 Å². The van der Waals surface area contributed by atoms with Gasteiger partial charge in [-0.3, -0.25) is 14.4 Å². The Kier molecular flexibility index (Phi) is 14.5. The van der Waals surface area contributed by atoms with Gasteiger partial charge in [0.05, 0.1) is 24.5 Å². The Morgan fingerprint density at radius 1 is 1.00 bits per heavy atom. The number of aromatic nitrogens is 3. The van der Waals surface area contributed by atoms with Gasteiger partial charge in [0.15, 0.2) is 0 Å². The summed E-state index contributed by atoms with van der Waals surface area (Å²) in [4.78, 5) is 44.3. The number of rotatable bonds is 22. The average Bonchev–Trinajstić information content (AvgIpc) is 3.65. The van der Waals surface area contributed by atoms with E-state index in [-0.39, 0.29) is 28.8 Å². The van der Waals surface area contributed by atoms with Gasteiger partial charge < -0.3 is 23.9 Å². The van der Waals surface area contributed by atoms with E-state index in [9.17, 15) is 14.4 Å². The van der Waals surface area contributed by atoms with Crippen LogP contribution in [0.1, 0.15) is 116 Å². The first-order valence-corrected chi connectivity index (χ1v) is 23.9. The number of imidazole rings is 1. The van der Waals surface area contributed by atoms with Crippen LogP contribution in [0.25, 0.3) is 22.0 Å². The van der Waals surface area contributed by atoms with Gasteiger partial charge in [-0.2, -0.15) is 0 Å². The molecule has 2 fully saturated rings. The van der Waals surface area contributed by atoms with Gasteiger partial charge in [-0.05, 0) is 73.6 Å². The van der Waals surface area contributed by atoms with Gasteiger partial charge in [0.25, 0.3) is 5.56 Å². The third-order valence-corrected chi connectivity index (χ3v) is 13.0. The number of unbranched alkanes of at least 4 members (excludes halogenated alkanes) is 3. The molecule has 2 aliphatic rings. The normalized spacial score (nSPS) is 17.4. The van der Waals surface area contributed by atoms with Crippen molar-refractivity contribution < 1.29 is 19.1 Å². The van der Waals surface area contributed by atoms with Crippen LogP contribution >= 0.6 is 0 Å². The summed E-state index contributed by atoms with van der Waals surface area (Å²) >= 11 is 0. The molecule has 1 spiro atoms. The van der Waals surface area contributed by atoms with Crippen molar-refractivity contribution in [3.8, 4) is 11.3 Å². The highest BCUT2D eigenvalue weighted by atomic mass is 28.3. The summed E-state index contributed by atoms with van der Waals surface area (Å²) in [6.45, 7) is 13.9. The van der Waals surface area contributed by atoms with Crippen molar-refractivity contribution in [1.82, 2.24) is 19.4 Å². The molecule has 1 amide bonds. The molecule has 1 aromatic carbocycles. The number of pyridine rings is 1. The number of ether oxygens (including phenoxy) is 2. The Labute approximate surface area is 312 Å². The number of benzene rings is 1. The first kappa shape index (κ1) is 40.1. The quantitative estimate of drug-likeness (QED) is 0.0817. The molecule has 2 aliphatic carbocycles. The van der Waals surface area contributed by atoms with Crippen molar-refractivity contribution in [1.29, 1.82) is 0 Å². The van der Waals surface area contributed by atoms with Crippen LogP contribution in [0.5, 0.6) is 0 Å². The number of hydrogen-bond acceptors (Lipinski definition) is 6. The lowest BCUT2D eigenvalue weighted by Crippen LogP contribution is -2.34. The number of amides is 1. The van der Waals surface area contributed by atoms with Crippen LogP contribution in [0.3, 0.4) is 0 Å². The highest BCUT2D eigenvalue weighted by Gasteiger charge is 2.57. The van der Waals surface area contributed by atoms with E-state index in [1.165, 1.54) is 19.3 Å². The molecule has 2 saturated carbocycles. The second kappa shape index (κ2) is 18.8. The molecule has 0 unspecified atom stereocenters. The maximum atomic E-state index is 13.9. The number of Topliss-reactive ketones (excluding diaryl/α,β-unsaturated/α-hetero) is 1. The predicted octanol–water partition coefficient (Wildman–Crippen LogP) is 9.05. The molecule has 0 aliphatic heterocycles. The van der Waals surface area contributed by atoms with Crippen molar-refractivity contribution in [2.75, 3.05) is 19.8 Å². The third kappa shape index (κ3) is 10.8. The lowest BCUT2D eigenvalue weighted by atomic mass is 9.84. The maximum absolute atomic E-state index is 13.9. The highest BCUT2D eigenvalue weighted by molar-refractivity contribution is 6.76. The molecule has 2 atom stereocenters. The summed E-state index contributed by atoms with van der Waals surface area (Å²) in [6, 6.07) is 8.77. The first-order chi connectivity index (χ1) is 25.0. The van der Waals surface area contributed by atoms with Gasteiger partial charge in [-0.15, -0.1) is 0 Å². The van der Waals surface area contributed by atoms with Gasteiger partial charge in [-0.25, -0.2) is 4.98 Å². The first-order valence-electron chi connectivity index (χ1n) is 20.2. The second-order valence-corrected chi connectivity index (χ2v) is 22.2. The molecule has 9 nitrogen and oxygen atoms in total. The SMILES string of the molecule is CCCCOCCn1ccc2cc(-c3cnc([C@H](CCCCCC(=O)CC)NC(=O)[C@H]4CC45CCCCC5)n3COCC[Si](C)(C)C)ccc2c1=O. The van der Waals surface area contributed by atoms with E-state index in [1.807, 2.05) is 37.5 Å². The number of fused-ring (bicyclic) bond motifs is 1. The number of carbonyl (C=O) groups is 2. The van der Waals surface area contributed by atoms with E-state index < -0.39 is 8.07 Å². The Morgan fingerprint density at radius 3 is 2.56 bits per heavy atom. The zero-order chi connectivity index (χ0) is 37.1. The van der Waals surface area contributed by atoms with Crippen LogP contribution in [0.2, 0.25) is 25.7 Å². The lowest BCUT2D eigenvalue weighted by Gasteiger charge is -2.24. The van der Waals surface area contributed by atoms with Crippen molar-refractivity contribution in [2.45, 2.75) is 149 Å². The van der Waals surface area contributed by atoms with Crippen LogP contribution in [0, 0.1) is 11.3 Å². The average molecular weight is 733 g/mol. The van der Waals surface area contributed by atoms with Gasteiger partial charge in [0.1, 0.15) is 18.3 Å². The number of nitrogens with one attached hydrogen (secondary N) is 1. The molecule has 1 N–H and O–H groups in total. The minimum Gasteiger partial charge on any atom is -0.380 e. The minimum atomic E-state index is -1.30. The summed E-state index contributed by atoms with van der Waals surface area (Å²) in [5.74, 6) is 1.35. The van der Waals surface area contributed by atoms with E-state index in [0.717, 1.165) is 86.3 Å². The topological polar surface area (TPSA) is 104 Å². The Morgan fingerprint density at radius 2 is 1.81 bits per heavy atom. The summed E-state index contributed by atoms with van der Waals surface area (Å²) < 4.78 is 15.9. The van der Waals surface area contributed by atoms with E-state index in [0.29, 0.717) is 57.1 Å². The zero-order valence-electron chi connectivity index (χ0n) is 32.6. The van der Waals surface area contributed by atoms with E-state index >= 15 is 0 Å². The summed E-state index contributed by atoms with van der Waals surface area (Å²) in [6.07, 6.45) is 17.5. The Bertz CT molecular complexity index is 1690. The van der Waals surface area contributed by atoms with E-state index in [4.69, 9.17) is 14.5 Å². The second-order valence-electron chi connectivity index (χ2n) is 16.6. The smallest absolute Gasteiger partial charge is 0.258 e. The van der Waals surface area contributed by atoms with Crippen molar-refractivity contribution in [3.05, 3.63) is 52.8 Å². The molecule has 52 heavy (non-hydrogen) atoms. The fraction of sp³-hybridized carbons (Fsp3) is 0.667. The van der Waals surface area contributed by atoms with E-state index in [2.05, 4.69) is 42.5 Å². The van der Waals surface area contributed by atoms with Crippen molar-refractivity contribution in [2.24, 2.45) is 11.3 Å². The fourth-order valence-corrected chi connectivity index (χ4v) is 8.55. The summed E-state index contributed by atoms with van der Waals surface area (Å²) in [7, 11) is -1.30.